The molecule has 2 aromatic carbocycles. The van der Waals surface area contributed by atoms with E-state index >= 15 is 0 Å². The van der Waals surface area contributed by atoms with Crippen LogP contribution in [-0.2, 0) is 9.59 Å². The third kappa shape index (κ3) is 4.67. The number of anilines is 3. The highest BCUT2D eigenvalue weighted by Crippen LogP contribution is 2.48. The van der Waals surface area contributed by atoms with Gasteiger partial charge in [0, 0.05) is 30.2 Å². The number of allylic oxidation sites excluding steroid dienone is 2. The van der Waals surface area contributed by atoms with E-state index in [0.29, 0.717) is 23.4 Å². The number of hydrogen-bond donors (Lipinski definition) is 3. The Morgan fingerprint density at radius 3 is 2.20 bits per heavy atom. The van der Waals surface area contributed by atoms with Crippen molar-refractivity contribution in [3.8, 4) is 0 Å². The number of carbonyl (C=O) groups excluding carboxylic acids is 2. The van der Waals surface area contributed by atoms with E-state index < -0.39 is 17.8 Å². The molecule has 1 heterocycles. The summed E-state index contributed by atoms with van der Waals surface area (Å²) in [5.74, 6) is -2.93. The van der Waals surface area contributed by atoms with Gasteiger partial charge >= 0.3 is 5.97 Å². The van der Waals surface area contributed by atoms with Gasteiger partial charge < -0.3 is 20.6 Å². The Hall–Kier alpha value is -3.61. The Morgan fingerprint density at radius 1 is 0.857 bits per heavy atom. The minimum absolute atomic E-state index is 0.0574. The molecule has 2 amide bonds. The highest BCUT2D eigenvalue weighted by molar-refractivity contribution is 6.09. The van der Waals surface area contributed by atoms with Crippen molar-refractivity contribution in [3.05, 3.63) is 65.7 Å². The molecule has 1 saturated heterocycles. The Bertz CT molecular complexity index is 1170. The van der Waals surface area contributed by atoms with E-state index in [1.54, 1.807) is 6.07 Å². The number of aliphatic carboxylic acids is 1. The fourth-order valence-electron chi connectivity index (χ4n) is 5.78. The number of piperidine rings is 1. The summed E-state index contributed by atoms with van der Waals surface area (Å²) in [5, 5.41) is 15.6. The van der Waals surface area contributed by atoms with Crippen molar-refractivity contribution in [2.45, 2.75) is 32.6 Å². The van der Waals surface area contributed by atoms with Crippen LogP contribution in [-0.4, -0.2) is 36.0 Å². The third-order valence-electron chi connectivity index (χ3n) is 7.56. The van der Waals surface area contributed by atoms with Gasteiger partial charge in [-0.25, -0.2) is 0 Å². The quantitative estimate of drug-likeness (QED) is 0.528. The lowest BCUT2D eigenvalue weighted by atomic mass is 9.82. The molecule has 1 aliphatic heterocycles. The molecule has 0 unspecified atom stereocenters. The maximum Gasteiger partial charge on any atom is 0.307 e. The summed E-state index contributed by atoms with van der Waals surface area (Å²) in [6.45, 7) is 3.76. The second kappa shape index (κ2) is 9.56. The van der Waals surface area contributed by atoms with Crippen molar-refractivity contribution < 1.29 is 19.5 Å². The van der Waals surface area contributed by atoms with E-state index in [9.17, 15) is 19.5 Å². The zero-order valence-corrected chi connectivity index (χ0v) is 19.9. The van der Waals surface area contributed by atoms with Crippen LogP contribution in [0.25, 0.3) is 0 Å². The molecular weight excluding hydrogens is 442 g/mol. The van der Waals surface area contributed by atoms with Gasteiger partial charge in [0.25, 0.3) is 5.91 Å². The van der Waals surface area contributed by atoms with Crippen molar-refractivity contribution in [3.63, 3.8) is 0 Å². The number of benzene rings is 2. The number of aryl methyl sites for hydroxylation is 1. The standard InChI is InChI=1S/C28H31N3O4/c1-17-5-9-20(10-6-17)29-26(32)22-16-21(11-12-23(22)31-13-3-2-4-14-31)30-27(33)24-18-7-8-19(15-18)25(24)28(34)35/h5-12,16,18-19,24-25H,2-4,13-15H2,1H3,(H,29,32)(H,30,33)(H,34,35)/t18-,19+,24-,25-/m0/s1. The summed E-state index contributed by atoms with van der Waals surface area (Å²) in [7, 11) is 0. The zero-order valence-electron chi connectivity index (χ0n) is 19.9. The topological polar surface area (TPSA) is 98.7 Å². The van der Waals surface area contributed by atoms with Gasteiger partial charge in [-0.15, -0.1) is 0 Å². The number of carbonyl (C=O) groups is 3. The normalized spacial score (nSPS) is 24.9. The number of nitrogens with zero attached hydrogens (tertiary/aromatic N) is 1. The molecule has 5 rings (SSSR count). The van der Waals surface area contributed by atoms with E-state index in [2.05, 4.69) is 15.5 Å². The van der Waals surface area contributed by atoms with Gasteiger partial charge in [0.1, 0.15) is 0 Å². The van der Waals surface area contributed by atoms with Crippen molar-refractivity contribution in [2.24, 2.45) is 23.7 Å². The van der Waals surface area contributed by atoms with E-state index in [4.69, 9.17) is 0 Å². The van der Waals surface area contributed by atoms with Crippen molar-refractivity contribution in [2.75, 3.05) is 28.6 Å². The van der Waals surface area contributed by atoms with Crippen LogP contribution in [0, 0.1) is 30.6 Å². The predicted molar refractivity (Wildman–Crippen MR) is 136 cm³/mol. The van der Waals surface area contributed by atoms with Gasteiger partial charge in [-0.1, -0.05) is 29.8 Å². The highest BCUT2D eigenvalue weighted by Gasteiger charge is 2.51. The molecule has 4 atom stereocenters. The molecule has 7 nitrogen and oxygen atoms in total. The van der Waals surface area contributed by atoms with Crippen LogP contribution >= 0.6 is 0 Å². The SMILES string of the molecule is Cc1ccc(NC(=O)c2cc(NC(=O)[C@@H]3[C@@H](C(=O)O)[C@@H]4C=C[C@H]3C4)ccc2N2CCCCC2)cc1. The minimum Gasteiger partial charge on any atom is -0.481 e. The highest BCUT2D eigenvalue weighted by atomic mass is 16.4. The maximum absolute atomic E-state index is 13.4. The average molecular weight is 474 g/mol. The van der Waals surface area contributed by atoms with Gasteiger partial charge in [-0.3, -0.25) is 14.4 Å². The molecule has 0 radical (unpaired) electrons. The lowest BCUT2D eigenvalue weighted by molar-refractivity contribution is -0.146. The second-order valence-electron chi connectivity index (χ2n) is 9.93. The van der Waals surface area contributed by atoms with Crippen LogP contribution in [0.1, 0.15) is 41.6 Å². The number of fused-ring (bicyclic) bond motifs is 2. The monoisotopic (exact) mass is 473 g/mol. The Morgan fingerprint density at radius 2 is 1.51 bits per heavy atom. The number of carboxylic acid groups (broad SMARTS) is 1. The van der Waals surface area contributed by atoms with E-state index in [0.717, 1.165) is 37.2 Å². The number of rotatable bonds is 6. The number of amides is 2. The summed E-state index contributed by atoms with van der Waals surface area (Å²) in [5.41, 5.74) is 3.65. The molecule has 1 saturated carbocycles. The Balaban J connectivity index is 1.41. The lowest BCUT2D eigenvalue weighted by Crippen LogP contribution is -2.36. The van der Waals surface area contributed by atoms with Gasteiger partial charge in [-0.2, -0.15) is 0 Å². The average Bonchev–Trinajstić information content (AvgIpc) is 3.48. The van der Waals surface area contributed by atoms with Crippen LogP contribution in [0.5, 0.6) is 0 Å². The van der Waals surface area contributed by atoms with Crippen LogP contribution in [0.3, 0.4) is 0 Å². The summed E-state index contributed by atoms with van der Waals surface area (Å²) in [6, 6.07) is 13.0. The first kappa shape index (κ1) is 23.1. The van der Waals surface area contributed by atoms with Gasteiger partial charge in [0.2, 0.25) is 5.91 Å². The van der Waals surface area contributed by atoms with E-state index in [-0.39, 0.29) is 23.7 Å². The molecule has 182 valence electrons. The molecule has 35 heavy (non-hydrogen) atoms. The fourth-order valence-corrected chi connectivity index (χ4v) is 5.78. The summed E-state index contributed by atoms with van der Waals surface area (Å²) < 4.78 is 0. The molecule has 0 aromatic heterocycles. The minimum atomic E-state index is -0.930. The van der Waals surface area contributed by atoms with Crippen LogP contribution < -0.4 is 15.5 Å². The summed E-state index contributed by atoms with van der Waals surface area (Å²) >= 11 is 0. The van der Waals surface area contributed by atoms with Gasteiger partial charge in [0.15, 0.2) is 0 Å². The van der Waals surface area contributed by atoms with Gasteiger partial charge in [0.05, 0.1) is 17.4 Å². The molecule has 0 spiro atoms. The van der Waals surface area contributed by atoms with Gasteiger partial charge in [-0.05, 0) is 74.8 Å². The number of hydrogen-bond acceptors (Lipinski definition) is 4. The Kier molecular flexibility index (Phi) is 6.32. The third-order valence-corrected chi connectivity index (χ3v) is 7.56. The molecular formula is C28H31N3O4. The number of nitrogens with one attached hydrogen (secondary N) is 2. The molecule has 2 fully saturated rings. The largest absolute Gasteiger partial charge is 0.481 e. The fraction of sp³-hybridized carbons (Fsp3) is 0.393. The van der Waals surface area contributed by atoms with E-state index in [1.807, 2.05) is 55.5 Å². The van der Waals surface area contributed by atoms with E-state index in [1.165, 1.54) is 6.42 Å². The first-order valence-corrected chi connectivity index (χ1v) is 12.4. The van der Waals surface area contributed by atoms with Crippen LogP contribution in [0.4, 0.5) is 17.1 Å². The molecule has 2 aliphatic carbocycles. The maximum atomic E-state index is 13.4. The first-order valence-electron chi connectivity index (χ1n) is 12.4. The van der Waals surface area contributed by atoms with Crippen molar-refractivity contribution >= 4 is 34.8 Å². The Labute approximate surface area is 205 Å². The van der Waals surface area contributed by atoms with Crippen molar-refractivity contribution in [1.82, 2.24) is 0 Å². The van der Waals surface area contributed by atoms with Crippen molar-refractivity contribution in [1.29, 1.82) is 0 Å². The molecule has 2 aromatic rings. The summed E-state index contributed by atoms with van der Waals surface area (Å²) in [6.07, 6.45) is 7.92. The molecule has 3 aliphatic rings. The molecule has 3 N–H and O–H groups in total. The van der Waals surface area contributed by atoms with Crippen LogP contribution in [0.2, 0.25) is 0 Å². The summed E-state index contributed by atoms with van der Waals surface area (Å²) in [4.78, 5) is 40.6. The predicted octanol–water partition coefficient (Wildman–Crippen LogP) is 4.70. The zero-order chi connectivity index (χ0) is 24.5. The first-order chi connectivity index (χ1) is 16.9. The number of carboxylic acids is 1. The lowest BCUT2D eigenvalue weighted by Gasteiger charge is -2.31. The second-order valence-corrected chi connectivity index (χ2v) is 9.93. The molecule has 2 bridgehead atoms. The smallest absolute Gasteiger partial charge is 0.307 e. The van der Waals surface area contributed by atoms with Crippen LogP contribution in [0.15, 0.2) is 54.6 Å². The molecule has 7 heteroatoms.